The highest BCUT2D eigenvalue weighted by Crippen LogP contribution is 2.48. The Bertz CT molecular complexity index is 1310. The van der Waals surface area contributed by atoms with Gasteiger partial charge in [-0.2, -0.15) is 0 Å². The molecule has 1 N–H and O–H groups in total. The lowest BCUT2D eigenvalue weighted by molar-refractivity contribution is 0.0775. The molecule has 1 fully saturated rings. The SMILES string of the molecule is CCN(CC)C(=O)c1c(-c2ccc(F)cc2)oc2cc(N(CCO)S(C)(=O)=O)c(C3CC3)cc12. The van der Waals surface area contributed by atoms with E-state index in [1.807, 2.05) is 19.9 Å². The number of sulfonamides is 1. The maximum Gasteiger partial charge on any atom is 0.258 e. The summed E-state index contributed by atoms with van der Waals surface area (Å²) in [4.78, 5) is 15.3. The van der Waals surface area contributed by atoms with E-state index in [1.165, 1.54) is 16.4 Å². The predicted molar refractivity (Wildman–Crippen MR) is 130 cm³/mol. The summed E-state index contributed by atoms with van der Waals surface area (Å²) < 4.78 is 46.0. The molecule has 1 aliphatic carbocycles. The molecule has 0 bridgehead atoms. The normalized spacial score (nSPS) is 13.9. The minimum atomic E-state index is -3.66. The lowest BCUT2D eigenvalue weighted by Crippen LogP contribution is -2.33. The Hall–Kier alpha value is -2.91. The van der Waals surface area contributed by atoms with E-state index in [-0.39, 0.29) is 25.0 Å². The number of rotatable bonds is 9. The number of hydrogen-bond donors (Lipinski definition) is 1. The van der Waals surface area contributed by atoms with Crippen LogP contribution in [0.25, 0.3) is 22.3 Å². The number of anilines is 1. The Kier molecular flexibility index (Phi) is 6.69. The molecule has 4 rings (SSSR count). The molecule has 1 saturated carbocycles. The Morgan fingerprint density at radius 2 is 1.79 bits per heavy atom. The van der Waals surface area contributed by atoms with Crippen molar-refractivity contribution in [3.63, 3.8) is 0 Å². The van der Waals surface area contributed by atoms with Gasteiger partial charge in [-0.15, -0.1) is 0 Å². The van der Waals surface area contributed by atoms with Crippen molar-refractivity contribution in [3.05, 3.63) is 53.3 Å². The van der Waals surface area contributed by atoms with E-state index in [0.29, 0.717) is 46.6 Å². The van der Waals surface area contributed by atoms with Crippen LogP contribution in [0.15, 0.2) is 40.8 Å². The van der Waals surface area contributed by atoms with E-state index in [4.69, 9.17) is 4.42 Å². The number of benzene rings is 2. The van der Waals surface area contributed by atoms with Gasteiger partial charge in [0.2, 0.25) is 10.0 Å². The van der Waals surface area contributed by atoms with Crippen LogP contribution in [0.4, 0.5) is 10.1 Å². The smallest absolute Gasteiger partial charge is 0.258 e. The summed E-state index contributed by atoms with van der Waals surface area (Å²) >= 11 is 0. The van der Waals surface area contributed by atoms with E-state index in [9.17, 15) is 22.7 Å². The first kappa shape index (κ1) is 24.2. The minimum Gasteiger partial charge on any atom is -0.455 e. The van der Waals surface area contributed by atoms with Crippen LogP contribution in [0.1, 0.15) is 48.5 Å². The van der Waals surface area contributed by atoms with Crippen LogP contribution < -0.4 is 4.31 Å². The molecule has 9 heteroatoms. The zero-order valence-electron chi connectivity index (χ0n) is 19.5. The number of aliphatic hydroxyl groups excluding tert-OH is 1. The van der Waals surface area contributed by atoms with Crippen LogP contribution in [0.2, 0.25) is 0 Å². The average molecular weight is 489 g/mol. The Morgan fingerprint density at radius 3 is 2.32 bits per heavy atom. The zero-order valence-corrected chi connectivity index (χ0v) is 20.4. The van der Waals surface area contributed by atoms with Crippen LogP contribution >= 0.6 is 0 Å². The van der Waals surface area contributed by atoms with Crippen LogP contribution in [-0.2, 0) is 10.0 Å². The molecule has 0 aliphatic heterocycles. The van der Waals surface area contributed by atoms with Crippen molar-refractivity contribution in [1.29, 1.82) is 0 Å². The summed E-state index contributed by atoms with van der Waals surface area (Å²) in [5.74, 6) is -0.114. The van der Waals surface area contributed by atoms with Gasteiger partial charge in [-0.05, 0) is 68.5 Å². The largest absolute Gasteiger partial charge is 0.455 e. The fraction of sp³-hybridized carbons (Fsp3) is 0.400. The molecule has 2 aromatic carbocycles. The van der Waals surface area contributed by atoms with Gasteiger partial charge in [0, 0.05) is 30.1 Å². The zero-order chi connectivity index (χ0) is 24.6. The number of nitrogens with zero attached hydrogens (tertiary/aromatic N) is 2. The third-order valence-electron chi connectivity index (χ3n) is 6.20. The second-order valence-corrected chi connectivity index (χ2v) is 10.4. The van der Waals surface area contributed by atoms with Gasteiger partial charge in [-0.3, -0.25) is 9.10 Å². The fourth-order valence-corrected chi connectivity index (χ4v) is 5.26. The van der Waals surface area contributed by atoms with Crippen LogP contribution in [0.5, 0.6) is 0 Å². The molecule has 1 amide bonds. The van der Waals surface area contributed by atoms with E-state index >= 15 is 0 Å². The average Bonchev–Trinajstić information content (AvgIpc) is 3.57. The van der Waals surface area contributed by atoms with Gasteiger partial charge in [0.1, 0.15) is 17.2 Å². The summed E-state index contributed by atoms with van der Waals surface area (Å²) in [5, 5.41) is 10.1. The molecule has 1 heterocycles. The van der Waals surface area contributed by atoms with Crippen molar-refractivity contribution in [1.82, 2.24) is 4.90 Å². The van der Waals surface area contributed by atoms with Crippen LogP contribution in [0.3, 0.4) is 0 Å². The molecule has 1 aromatic heterocycles. The van der Waals surface area contributed by atoms with Gasteiger partial charge in [0.25, 0.3) is 5.91 Å². The monoisotopic (exact) mass is 488 g/mol. The van der Waals surface area contributed by atoms with Gasteiger partial charge in [-0.1, -0.05) is 0 Å². The molecular formula is C25H29FN2O5S. The molecule has 0 saturated heterocycles. The number of aliphatic hydroxyl groups is 1. The molecular weight excluding hydrogens is 459 g/mol. The maximum absolute atomic E-state index is 13.6. The third-order valence-corrected chi connectivity index (χ3v) is 7.38. The topological polar surface area (TPSA) is 91.1 Å². The molecule has 0 atom stereocenters. The Labute approximate surface area is 198 Å². The summed E-state index contributed by atoms with van der Waals surface area (Å²) in [6.07, 6.45) is 2.93. The quantitative estimate of drug-likeness (QED) is 0.483. The van der Waals surface area contributed by atoms with E-state index in [1.54, 1.807) is 23.1 Å². The fourth-order valence-electron chi connectivity index (χ4n) is 4.33. The van der Waals surface area contributed by atoms with Crippen molar-refractivity contribution in [3.8, 4) is 11.3 Å². The second-order valence-electron chi connectivity index (χ2n) is 8.53. The van der Waals surface area contributed by atoms with E-state index < -0.39 is 15.8 Å². The first-order chi connectivity index (χ1) is 16.2. The number of carbonyl (C=O) groups is 1. The van der Waals surface area contributed by atoms with Gasteiger partial charge in [-0.25, -0.2) is 12.8 Å². The number of furan rings is 1. The highest BCUT2D eigenvalue weighted by atomic mass is 32.2. The molecule has 34 heavy (non-hydrogen) atoms. The second kappa shape index (κ2) is 9.38. The van der Waals surface area contributed by atoms with Crippen molar-refractivity contribution >= 4 is 32.6 Å². The molecule has 3 aromatic rings. The number of hydrogen-bond acceptors (Lipinski definition) is 5. The molecule has 1 aliphatic rings. The van der Waals surface area contributed by atoms with E-state index in [2.05, 4.69) is 0 Å². The number of carbonyl (C=O) groups excluding carboxylic acids is 1. The minimum absolute atomic E-state index is 0.0825. The maximum atomic E-state index is 13.6. The van der Waals surface area contributed by atoms with Crippen molar-refractivity contribution in [2.24, 2.45) is 0 Å². The van der Waals surface area contributed by atoms with Gasteiger partial charge in [0.05, 0.1) is 30.7 Å². The van der Waals surface area contributed by atoms with Gasteiger partial charge < -0.3 is 14.4 Å². The predicted octanol–water partition coefficient (Wildman–Crippen LogP) is 4.36. The van der Waals surface area contributed by atoms with E-state index in [0.717, 1.165) is 24.7 Å². The highest BCUT2D eigenvalue weighted by Gasteiger charge is 2.33. The molecule has 0 spiro atoms. The first-order valence-corrected chi connectivity index (χ1v) is 13.3. The molecule has 7 nitrogen and oxygen atoms in total. The van der Waals surface area contributed by atoms with Crippen molar-refractivity contribution in [2.75, 3.05) is 36.8 Å². The summed E-state index contributed by atoms with van der Waals surface area (Å²) in [7, 11) is -3.66. The number of halogens is 1. The third kappa shape index (κ3) is 4.54. The molecule has 0 radical (unpaired) electrons. The van der Waals surface area contributed by atoms with Gasteiger partial charge >= 0.3 is 0 Å². The van der Waals surface area contributed by atoms with Gasteiger partial charge in [0.15, 0.2) is 0 Å². The lowest BCUT2D eigenvalue weighted by atomic mass is 10.00. The highest BCUT2D eigenvalue weighted by molar-refractivity contribution is 7.92. The summed E-state index contributed by atoms with van der Waals surface area (Å²) in [5.41, 5.74) is 2.56. The Morgan fingerprint density at radius 1 is 1.15 bits per heavy atom. The lowest BCUT2D eigenvalue weighted by Gasteiger charge is -2.24. The number of amides is 1. The van der Waals surface area contributed by atoms with Crippen LogP contribution in [0, 0.1) is 5.82 Å². The summed E-state index contributed by atoms with van der Waals surface area (Å²) in [6, 6.07) is 9.23. The Balaban J connectivity index is 2.01. The van der Waals surface area contributed by atoms with Crippen molar-refractivity contribution < 1.29 is 27.1 Å². The standard InChI is InChI=1S/C25H29FN2O5S/c1-4-27(5-2)25(30)23-20-14-19(16-6-7-16)21(28(12-13-29)34(3,31)32)15-22(20)33-24(23)17-8-10-18(26)11-9-17/h8-11,14-16,29H,4-7,12-13H2,1-3H3. The molecule has 0 unspecified atom stereocenters. The molecule has 182 valence electrons. The summed E-state index contributed by atoms with van der Waals surface area (Å²) in [6.45, 7) is 4.40. The van der Waals surface area contributed by atoms with Crippen molar-refractivity contribution in [2.45, 2.75) is 32.6 Å². The van der Waals surface area contributed by atoms with Crippen LogP contribution in [-0.4, -0.2) is 56.8 Å². The first-order valence-electron chi connectivity index (χ1n) is 11.4. The number of fused-ring (bicyclic) bond motifs is 1.